The molecule has 5 nitrogen and oxygen atoms in total. The number of hydrogen-bond donors (Lipinski definition) is 2. The second-order valence-corrected chi connectivity index (χ2v) is 4.29. The van der Waals surface area contributed by atoms with E-state index in [1.165, 1.54) is 10.5 Å². The Labute approximate surface area is 93.0 Å². The van der Waals surface area contributed by atoms with Crippen LogP contribution in [0.15, 0.2) is 17.6 Å². The molecule has 1 aliphatic heterocycles. The number of aliphatic hydroxyl groups is 1. The molecular formula is C9H12N4OS. The van der Waals surface area contributed by atoms with Crippen molar-refractivity contribution in [2.75, 3.05) is 5.32 Å². The predicted octanol–water partition coefficient (Wildman–Crippen LogP) is 0.225. The molecule has 1 atom stereocenters. The van der Waals surface area contributed by atoms with Crippen LogP contribution in [-0.4, -0.2) is 14.8 Å². The standard InChI is InChI=1S/C9H12N4OS/c14-8-6-3-1-2-4-7(6)11-9-12(8)5-10-13(9)15/h5,8,11,14H,1-4H2. The number of fused-ring (bicyclic) bond motifs is 1. The Morgan fingerprint density at radius 3 is 3.20 bits per heavy atom. The summed E-state index contributed by atoms with van der Waals surface area (Å²) in [6.45, 7) is 0. The van der Waals surface area contributed by atoms with Crippen molar-refractivity contribution in [3.8, 4) is 0 Å². The second-order valence-electron chi connectivity index (χ2n) is 3.94. The molecule has 6 heteroatoms. The molecule has 2 N–H and O–H groups in total. The normalized spacial score (nSPS) is 24.5. The molecule has 0 bridgehead atoms. The van der Waals surface area contributed by atoms with Crippen molar-refractivity contribution >= 4 is 18.8 Å². The van der Waals surface area contributed by atoms with E-state index in [1.54, 1.807) is 10.9 Å². The van der Waals surface area contributed by atoms with Gasteiger partial charge in [0.15, 0.2) is 6.33 Å². The number of rotatable bonds is 0. The van der Waals surface area contributed by atoms with Crippen molar-refractivity contribution < 1.29 is 9.19 Å². The molecule has 1 unspecified atom stereocenters. The van der Waals surface area contributed by atoms with Crippen LogP contribution < -0.4 is 9.40 Å². The van der Waals surface area contributed by atoms with E-state index in [2.05, 4.69) is 10.4 Å². The molecule has 0 saturated heterocycles. The number of aliphatic hydroxyl groups excluding tert-OH is 1. The molecule has 0 radical (unpaired) electrons. The van der Waals surface area contributed by atoms with Crippen LogP contribution in [0.4, 0.5) is 5.95 Å². The lowest BCUT2D eigenvalue weighted by atomic mass is 9.94. The summed E-state index contributed by atoms with van der Waals surface area (Å²) >= 11 is 5.01. The molecule has 15 heavy (non-hydrogen) atoms. The highest BCUT2D eigenvalue weighted by Crippen LogP contribution is 2.35. The molecule has 1 aromatic rings. The summed E-state index contributed by atoms with van der Waals surface area (Å²) in [5.74, 6) is 0.679. The average molecular weight is 224 g/mol. The topological polar surface area (TPSA) is 54.0 Å². The van der Waals surface area contributed by atoms with Crippen molar-refractivity contribution in [1.29, 1.82) is 0 Å². The van der Waals surface area contributed by atoms with E-state index in [9.17, 15) is 5.11 Å². The maximum Gasteiger partial charge on any atom is 0.366 e. The van der Waals surface area contributed by atoms with Crippen LogP contribution in [0, 0.1) is 0 Å². The molecular weight excluding hydrogens is 212 g/mol. The van der Waals surface area contributed by atoms with Gasteiger partial charge < -0.3 is 17.9 Å². The maximum absolute atomic E-state index is 10.1. The first-order valence-corrected chi connectivity index (χ1v) is 5.47. The van der Waals surface area contributed by atoms with Gasteiger partial charge in [0, 0.05) is 12.0 Å². The highest BCUT2D eigenvalue weighted by molar-refractivity contribution is 7.50. The molecule has 0 spiro atoms. The van der Waals surface area contributed by atoms with Gasteiger partial charge in [-0.2, -0.15) is 4.57 Å². The molecule has 3 rings (SSSR count). The summed E-state index contributed by atoms with van der Waals surface area (Å²) in [5.41, 5.74) is 2.21. The van der Waals surface area contributed by atoms with Crippen LogP contribution in [0.1, 0.15) is 31.9 Å². The van der Waals surface area contributed by atoms with Crippen molar-refractivity contribution in [2.45, 2.75) is 31.9 Å². The fourth-order valence-corrected chi connectivity index (χ4v) is 2.44. The van der Waals surface area contributed by atoms with Crippen LogP contribution in [0.25, 0.3) is 0 Å². The zero-order valence-corrected chi connectivity index (χ0v) is 9.00. The molecule has 1 aromatic heterocycles. The lowest BCUT2D eigenvalue weighted by Crippen LogP contribution is -2.36. The molecule has 2 heterocycles. The lowest BCUT2D eigenvalue weighted by Gasteiger charge is -2.26. The molecule has 80 valence electrons. The summed E-state index contributed by atoms with van der Waals surface area (Å²) < 4.78 is 3.01. The number of hydrogen-bond acceptors (Lipinski definition) is 4. The van der Waals surface area contributed by atoms with Gasteiger partial charge in [0.1, 0.15) is 0 Å². The van der Waals surface area contributed by atoms with Gasteiger partial charge >= 0.3 is 5.95 Å². The first-order valence-electron chi connectivity index (χ1n) is 5.11. The summed E-state index contributed by atoms with van der Waals surface area (Å²) in [4.78, 5) is 0. The van der Waals surface area contributed by atoms with E-state index in [0.29, 0.717) is 5.95 Å². The summed E-state index contributed by atoms with van der Waals surface area (Å²) in [7, 11) is 0. The average Bonchev–Trinajstić information content (AvgIpc) is 2.62. The predicted molar refractivity (Wildman–Crippen MR) is 55.6 cm³/mol. The van der Waals surface area contributed by atoms with E-state index >= 15 is 0 Å². The monoisotopic (exact) mass is 224 g/mol. The van der Waals surface area contributed by atoms with E-state index in [0.717, 1.165) is 30.5 Å². The lowest BCUT2D eigenvalue weighted by molar-refractivity contribution is -0.545. The van der Waals surface area contributed by atoms with Gasteiger partial charge in [0.25, 0.3) is 0 Å². The number of aromatic nitrogens is 3. The third-order valence-corrected chi connectivity index (χ3v) is 3.32. The van der Waals surface area contributed by atoms with Crippen LogP contribution in [0.2, 0.25) is 0 Å². The van der Waals surface area contributed by atoms with E-state index in [-0.39, 0.29) is 0 Å². The zero-order chi connectivity index (χ0) is 10.4. The molecule has 0 amide bonds. The Bertz CT molecular complexity index is 439. The van der Waals surface area contributed by atoms with Gasteiger partial charge in [-0.15, -0.1) is 5.10 Å². The Morgan fingerprint density at radius 2 is 2.33 bits per heavy atom. The summed E-state index contributed by atoms with van der Waals surface area (Å²) in [6, 6.07) is 0. The van der Waals surface area contributed by atoms with Gasteiger partial charge in [0.05, 0.1) is 5.70 Å². The third-order valence-electron chi connectivity index (χ3n) is 3.06. The van der Waals surface area contributed by atoms with Gasteiger partial charge in [-0.05, 0) is 19.3 Å². The Hall–Kier alpha value is -1.14. The fraction of sp³-hybridized carbons (Fsp3) is 0.556. The largest absolute Gasteiger partial charge is 0.570 e. The van der Waals surface area contributed by atoms with Gasteiger partial charge in [-0.25, -0.2) is 5.32 Å². The zero-order valence-electron chi connectivity index (χ0n) is 8.18. The molecule has 1 aliphatic carbocycles. The highest BCUT2D eigenvalue weighted by Gasteiger charge is 2.33. The third kappa shape index (κ3) is 1.25. The smallest absolute Gasteiger partial charge is 0.366 e. The number of anilines is 1. The molecule has 2 aliphatic rings. The summed E-state index contributed by atoms with van der Waals surface area (Å²) in [5, 5.41) is 17.3. The first kappa shape index (κ1) is 9.11. The Balaban J connectivity index is 2.08. The van der Waals surface area contributed by atoms with Gasteiger partial charge in [-0.3, -0.25) is 4.09 Å². The highest BCUT2D eigenvalue weighted by atomic mass is 32.1. The van der Waals surface area contributed by atoms with Crippen molar-refractivity contribution in [2.24, 2.45) is 0 Å². The fourth-order valence-electron chi connectivity index (χ4n) is 2.26. The van der Waals surface area contributed by atoms with Crippen LogP contribution in [0.5, 0.6) is 0 Å². The van der Waals surface area contributed by atoms with Crippen LogP contribution >= 0.6 is 0 Å². The SMILES string of the molecule is OC1C2=C(CCCC2)Nc2n1cn[n+]2[S-]. The van der Waals surface area contributed by atoms with Gasteiger partial charge in [-0.1, -0.05) is 0 Å². The number of nitrogens with zero attached hydrogens (tertiary/aromatic N) is 3. The molecule has 0 aromatic carbocycles. The van der Waals surface area contributed by atoms with Crippen molar-refractivity contribution in [3.05, 3.63) is 17.6 Å². The van der Waals surface area contributed by atoms with Crippen molar-refractivity contribution in [3.63, 3.8) is 0 Å². The maximum atomic E-state index is 10.1. The Kier molecular flexibility index (Phi) is 1.93. The van der Waals surface area contributed by atoms with E-state index in [4.69, 9.17) is 12.8 Å². The Morgan fingerprint density at radius 1 is 1.53 bits per heavy atom. The number of nitrogens with one attached hydrogen (secondary N) is 1. The van der Waals surface area contributed by atoms with Crippen molar-refractivity contribution in [1.82, 2.24) is 9.67 Å². The van der Waals surface area contributed by atoms with Crippen LogP contribution in [-0.2, 0) is 12.8 Å². The molecule has 0 fully saturated rings. The minimum absolute atomic E-state index is 0.590. The quantitative estimate of drug-likeness (QED) is 0.489. The van der Waals surface area contributed by atoms with E-state index in [1.807, 2.05) is 0 Å². The van der Waals surface area contributed by atoms with Gasteiger partial charge in [0.2, 0.25) is 6.23 Å². The minimum Gasteiger partial charge on any atom is -0.570 e. The van der Waals surface area contributed by atoms with E-state index < -0.39 is 6.23 Å². The molecule has 0 saturated carbocycles. The summed E-state index contributed by atoms with van der Waals surface area (Å²) in [6.07, 6.45) is 5.25. The van der Waals surface area contributed by atoms with Crippen LogP contribution in [0.3, 0.4) is 0 Å². The minimum atomic E-state index is -0.590. The second kappa shape index (κ2) is 3.18. The first-order chi connectivity index (χ1) is 7.27. The number of allylic oxidation sites excluding steroid dienone is 1.